The SMILES string of the molecule is CCC.CCc1cc(NC(=O)c2cccc(C(F)(F)F)c2)ccc1Cl. The van der Waals surface area contributed by atoms with Crippen molar-refractivity contribution in [3.05, 3.63) is 64.2 Å². The molecule has 0 fully saturated rings. The van der Waals surface area contributed by atoms with E-state index in [-0.39, 0.29) is 5.56 Å². The first-order chi connectivity index (χ1) is 11.7. The molecule has 0 bridgehead atoms. The molecule has 1 N–H and O–H groups in total. The molecular formula is C19H21ClF3NO. The molecule has 6 heteroatoms. The summed E-state index contributed by atoms with van der Waals surface area (Å²) in [5.74, 6) is -0.601. The number of anilines is 1. The highest BCUT2D eigenvalue weighted by Gasteiger charge is 2.30. The number of alkyl halides is 3. The van der Waals surface area contributed by atoms with E-state index in [0.29, 0.717) is 17.1 Å². The Morgan fingerprint density at radius 2 is 1.72 bits per heavy atom. The fourth-order valence-electron chi connectivity index (χ4n) is 1.96. The van der Waals surface area contributed by atoms with Gasteiger partial charge >= 0.3 is 6.18 Å². The third-order valence-electron chi connectivity index (χ3n) is 3.14. The number of nitrogens with one attached hydrogen (secondary N) is 1. The number of halogens is 4. The lowest BCUT2D eigenvalue weighted by Crippen LogP contribution is -2.14. The highest BCUT2D eigenvalue weighted by atomic mass is 35.5. The predicted molar refractivity (Wildman–Crippen MR) is 96.2 cm³/mol. The van der Waals surface area contributed by atoms with Crippen LogP contribution >= 0.6 is 11.6 Å². The Bertz CT molecular complexity index is 714. The molecule has 2 aromatic carbocycles. The first-order valence-corrected chi connectivity index (χ1v) is 8.37. The average molecular weight is 372 g/mol. The second kappa shape index (κ2) is 9.47. The van der Waals surface area contributed by atoms with Gasteiger partial charge in [0.25, 0.3) is 5.91 Å². The minimum Gasteiger partial charge on any atom is -0.322 e. The van der Waals surface area contributed by atoms with Crippen molar-refractivity contribution in [1.29, 1.82) is 0 Å². The fourth-order valence-corrected chi connectivity index (χ4v) is 2.21. The van der Waals surface area contributed by atoms with E-state index in [0.717, 1.165) is 17.7 Å². The molecule has 0 aliphatic heterocycles. The molecule has 2 nitrogen and oxygen atoms in total. The molecule has 0 unspecified atom stereocenters. The summed E-state index contributed by atoms with van der Waals surface area (Å²) in [7, 11) is 0. The van der Waals surface area contributed by atoms with Crippen LogP contribution in [0.5, 0.6) is 0 Å². The van der Waals surface area contributed by atoms with Crippen LogP contribution in [0.1, 0.15) is 48.7 Å². The summed E-state index contributed by atoms with van der Waals surface area (Å²) in [5, 5.41) is 3.16. The lowest BCUT2D eigenvalue weighted by atomic mass is 10.1. The lowest BCUT2D eigenvalue weighted by Gasteiger charge is -2.10. The fraction of sp³-hybridized carbons (Fsp3) is 0.316. The van der Waals surface area contributed by atoms with Crippen molar-refractivity contribution < 1.29 is 18.0 Å². The largest absolute Gasteiger partial charge is 0.416 e. The summed E-state index contributed by atoms with van der Waals surface area (Å²) in [5.41, 5.74) is 0.431. The topological polar surface area (TPSA) is 29.1 Å². The predicted octanol–water partition coefficient (Wildman–Crippen LogP) is 6.59. The molecule has 0 atom stereocenters. The Hall–Kier alpha value is -2.01. The van der Waals surface area contributed by atoms with Gasteiger partial charge in [0.15, 0.2) is 0 Å². The van der Waals surface area contributed by atoms with Crippen molar-refractivity contribution in [1.82, 2.24) is 0 Å². The number of benzene rings is 2. The van der Waals surface area contributed by atoms with Crippen LogP contribution in [0.3, 0.4) is 0 Å². The highest BCUT2D eigenvalue weighted by Crippen LogP contribution is 2.29. The molecule has 2 rings (SSSR count). The molecule has 0 spiro atoms. The first-order valence-electron chi connectivity index (χ1n) is 7.99. The van der Waals surface area contributed by atoms with Gasteiger partial charge in [-0.15, -0.1) is 0 Å². The Labute approximate surface area is 151 Å². The van der Waals surface area contributed by atoms with E-state index in [4.69, 9.17) is 11.6 Å². The number of aryl methyl sites for hydroxylation is 1. The van der Waals surface area contributed by atoms with Crippen LogP contribution in [0.25, 0.3) is 0 Å². The molecule has 25 heavy (non-hydrogen) atoms. The van der Waals surface area contributed by atoms with Crippen LogP contribution in [0.15, 0.2) is 42.5 Å². The zero-order valence-electron chi connectivity index (χ0n) is 14.4. The molecule has 136 valence electrons. The van der Waals surface area contributed by atoms with E-state index in [1.165, 1.54) is 18.6 Å². The van der Waals surface area contributed by atoms with Gasteiger partial charge in [-0.25, -0.2) is 0 Å². The Balaban J connectivity index is 0.000000970. The third-order valence-corrected chi connectivity index (χ3v) is 3.51. The van der Waals surface area contributed by atoms with Crippen molar-refractivity contribution in [2.75, 3.05) is 5.32 Å². The maximum Gasteiger partial charge on any atom is 0.416 e. The highest BCUT2D eigenvalue weighted by molar-refractivity contribution is 6.31. The van der Waals surface area contributed by atoms with E-state index in [9.17, 15) is 18.0 Å². The van der Waals surface area contributed by atoms with E-state index in [1.807, 2.05) is 6.92 Å². The number of carbonyl (C=O) groups excluding carboxylic acids is 1. The first kappa shape index (κ1) is 21.0. The second-order valence-corrected chi connectivity index (χ2v) is 5.81. The van der Waals surface area contributed by atoms with Gasteiger partial charge in [-0.2, -0.15) is 13.2 Å². The molecule has 0 heterocycles. The normalized spacial score (nSPS) is 10.7. The van der Waals surface area contributed by atoms with Crippen molar-refractivity contribution in [2.45, 2.75) is 39.8 Å². The maximum atomic E-state index is 12.7. The van der Waals surface area contributed by atoms with Gasteiger partial charge in [0.1, 0.15) is 0 Å². The number of amides is 1. The summed E-state index contributed by atoms with van der Waals surface area (Å²) in [4.78, 5) is 12.1. The van der Waals surface area contributed by atoms with Crippen LogP contribution in [0.2, 0.25) is 5.02 Å². The van der Waals surface area contributed by atoms with Gasteiger partial charge < -0.3 is 5.32 Å². The van der Waals surface area contributed by atoms with Gasteiger partial charge in [-0.3, -0.25) is 4.79 Å². The van der Waals surface area contributed by atoms with Crippen molar-refractivity contribution in [3.8, 4) is 0 Å². The van der Waals surface area contributed by atoms with Gasteiger partial charge in [0.2, 0.25) is 0 Å². The van der Waals surface area contributed by atoms with Gasteiger partial charge in [0.05, 0.1) is 5.56 Å². The Kier molecular flexibility index (Phi) is 7.97. The van der Waals surface area contributed by atoms with Crippen LogP contribution in [-0.2, 0) is 12.6 Å². The van der Waals surface area contributed by atoms with Crippen LogP contribution in [-0.4, -0.2) is 5.91 Å². The van der Waals surface area contributed by atoms with Gasteiger partial charge in [-0.05, 0) is 48.4 Å². The molecule has 0 aromatic heterocycles. The van der Waals surface area contributed by atoms with Gasteiger partial charge in [0, 0.05) is 16.3 Å². The molecule has 0 saturated carbocycles. The van der Waals surface area contributed by atoms with Crippen molar-refractivity contribution in [3.63, 3.8) is 0 Å². The standard InChI is InChI=1S/C16H13ClF3NO.C3H8/c1-2-10-9-13(6-7-14(10)17)21-15(22)11-4-3-5-12(8-11)16(18,19)20;1-3-2/h3-9H,2H2,1H3,(H,21,22);3H2,1-2H3. The Morgan fingerprint density at radius 3 is 2.28 bits per heavy atom. The summed E-state index contributed by atoms with van der Waals surface area (Å²) in [6.07, 6.45) is -2.54. The monoisotopic (exact) mass is 371 g/mol. The molecule has 1 amide bonds. The molecule has 0 aliphatic rings. The van der Waals surface area contributed by atoms with E-state index < -0.39 is 17.6 Å². The molecular weight excluding hydrogens is 351 g/mol. The van der Waals surface area contributed by atoms with Crippen LogP contribution in [0, 0.1) is 0 Å². The second-order valence-electron chi connectivity index (χ2n) is 5.40. The average Bonchev–Trinajstić information content (AvgIpc) is 2.56. The van der Waals surface area contributed by atoms with Gasteiger partial charge in [-0.1, -0.05) is 44.9 Å². The molecule has 0 saturated heterocycles. The zero-order chi connectivity index (χ0) is 19.0. The Morgan fingerprint density at radius 1 is 1.08 bits per heavy atom. The summed E-state index contributed by atoms with van der Waals surface area (Å²) in [6.45, 7) is 6.17. The van der Waals surface area contributed by atoms with E-state index in [1.54, 1.807) is 18.2 Å². The third kappa shape index (κ3) is 6.42. The summed E-state index contributed by atoms with van der Waals surface area (Å²) in [6, 6.07) is 9.24. The zero-order valence-corrected chi connectivity index (χ0v) is 15.1. The molecule has 0 aliphatic carbocycles. The van der Waals surface area contributed by atoms with Crippen molar-refractivity contribution >= 4 is 23.2 Å². The van der Waals surface area contributed by atoms with Crippen molar-refractivity contribution in [2.24, 2.45) is 0 Å². The molecule has 0 radical (unpaired) electrons. The van der Waals surface area contributed by atoms with E-state index >= 15 is 0 Å². The number of hydrogen-bond acceptors (Lipinski definition) is 1. The summed E-state index contributed by atoms with van der Waals surface area (Å²) >= 11 is 5.98. The number of hydrogen-bond donors (Lipinski definition) is 1. The minimum atomic E-state index is -4.48. The smallest absolute Gasteiger partial charge is 0.322 e. The van der Waals surface area contributed by atoms with E-state index in [2.05, 4.69) is 19.2 Å². The number of carbonyl (C=O) groups is 1. The lowest BCUT2D eigenvalue weighted by molar-refractivity contribution is -0.137. The maximum absolute atomic E-state index is 12.7. The molecule has 2 aromatic rings. The number of rotatable bonds is 3. The minimum absolute atomic E-state index is 0.0529. The summed E-state index contributed by atoms with van der Waals surface area (Å²) < 4.78 is 38.0. The van der Waals surface area contributed by atoms with Crippen LogP contribution < -0.4 is 5.32 Å². The van der Waals surface area contributed by atoms with Crippen LogP contribution in [0.4, 0.5) is 18.9 Å². The quantitative estimate of drug-likeness (QED) is 0.647.